The molecule has 1 fully saturated rings. The number of piperidine rings is 1. The fourth-order valence-electron chi connectivity index (χ4n) is 2.81. The van der Waals surface area contributed by atoms with E-state index in [1.54, 1.807) is 0 Å². The van der Waals surface area contributed by atoms with E-state index in [-0.39, 0.29) is 0 Å². The van der Waals surface area contributed by atoms with Gasteiger partial charge in [-0.05, 0) is 31.4 Å². The summed E-state index contributed by atoms with van der Waals surface area (Å²) in [6, 6.07) is 5.97. The van der Waals surface area contributed by atoms with Crippen molar-refractivity contribution >= 4 is 16.7 Å². The molecule has 20 heavy (non-hydrogen) atoms. The van der Waals surface area contributed by atoms with Crippen LogP contribution in [0.5, 0.6) is 0 Å². The van der Waals surface area contributed by atoms with E-state index >= 15 is 0 Å². The number of H-pyrrole nitrogens is 1. The lowest BCUT2D eigenvalue weighted by molar-refractivity contribution is 0.399. The number of hydrogen-bond acceptors (Lipinski definition) is 3. The van der Waals surface area contributed by atoms with Crippen LogP contribution in [0.2, 0.25) is 0 Å². The minimum Gasteiger partial charge on any atom is -0.369 e. The molecule has 0 bridgehead atoms. The van der Waals surface area contributed by atoms with Crippen LogP contribution in [-0.4, -0.2) is 35.6 Å². The molecule has 1 radical (unpaired) electrons. The summed E-state index contributed by atoms with van der Waals surface area (Å²) >= 11 is 0. The van der Waals surface area contributed by atoms with Crippen molar-refractivity contribution in [3.63, 3.8) is 0 Å². The molecule has 0 aromatic carbocycles. The molecule has 107 valence electrons. The molecular formula is C16H23N4. The topological polar surface area (TPSA) is 44.0 Å². The van der Waals surface area contributed by atoms with E-state index in [0.29, 0.717) is 12.0 Å². The van der Waals surface area contributed by atoms with Gasteiger partial charge < -0.3 is 15.2 Å². The number of anilines is 1. The number of hydrogen-bond donors (Lipinski definition) is 2. The third-order valence-corrected chi connectivity index (χ3v) is 3.91. The molecule has 2 aromatic heterocycles. The minimum atomic E-state index is 0.594. The number of nitrogens with one attached hydrogen (secondary N) is 2. The number of aromatic nitrogens is 2. The van der Waals surface area contributed by atoms with Gasteiger partial charge in [-0.3, -0.25) is 0 Å². The van der Waals surface area contributed by atoms with Gasteiger partial charge in [-0.2, -0.15) is 0 Å². The largest absolute Gasteiger partial charge is 0.369 e. The highest BCUT2D eigenvalue weighted by molar-refractivity contribution is 5.78. The van der Waals surface area contributed by atoms with Gasteiger partial charge in [0, 0.05) is 36.8 Å². The Morgan fingerprint density at radius 3 is 3.30 bits per heavy atom. The smallest absolute Gasteiger partial charge is 0.138 e. The van der Waals surface area contributed by atoms with E-state index in [9.17, 15) is 0 Å². The Morgan fingerprint density at radius 2 is 2.45 bits per heavy atom. The summed E-state index contributed by atoms with van der Waals surface area (Å²) in [6.45, 7) is 7.81. The molecule has 0 saturated carbocycles. The van der Waals surface area contributed by atoms with Crippen LogP contribution in [0.25, 0.3) is 11.0 Å². The van der Waals surface area contributed by atoms with Crippen molar-refractivity contribution < 1.29 is 0 Å². The van der Waals surface area contributed by atoms with Crippen LogP contribution < -0.4 is 10.2 Å². The van der Waals surface area contributed by atoms with Gasteiger partial charge in [0.2, 0.25) is 0 Å². The molecule has 2 N–H and O–H groups in total. The predicted molar refractivity (Wildman–Crippen MR) is 83.0 cm³/mol. The standard InChI is InChI=1S/C16H23N4/c1-12(2)9-18-14-4-3-7-20(11-14)15-8-13-5-6-17-16(13)19-10-15/h6,8,10,12,14,18H,3-4,7,9,11H2,1-2H3,(H,17,19). The molecule has 1 aliphatic rings. The molecule has 0 spiro atoms. The van der Waals surface area contributed by atoms with E-state index in [0.717, 1.165) is 30.7 Å². The summed E-state index contributed by atoms with van der Waals surface area (Å²) in [5.74, 6) is 0.706. The van der Waals surface area contributed by atoms with Crippen molar-refractivity contribution in [1.29, 1.82) is 0 Å². The van der Waals surface area contributed by atoms with Gasteiger partial charge in [0.05, 0.1) is 11.9 Å². The van der Waals surface area contributed by atoms with Gasteiger partial charge in [0.25, 0.3) is 0 Å². The van der Waals surface area contributed by atoms with E-state index in [1.165, 1.54) is 18.5 Å². The lowest BCUT2D eigenvalue weighted by Gasteiger charge is -2.35. The number of pyridine rings is 1. The zero-order valence-corrected chi connectivity index (χ0v) is 12.3. The van der Waals surface area contributed by atoms with E-state index < -0.39 is 0 Å². The minimum absolute atomic E-state index is 0.594. The third kappa shape index (κ3) is 2.96. The fourth-order valence-corrected chi connectivity index (χ4v) is 2.81. The van der Waals surface area contributed by atoms with Crippen molar-refractivity contribution in [2.75, 3.05) is 24.5 Å². The molecule has 1 atom stereocenters. The quantitative estimate of drug-likeness (QED) is 0.898. The Kier molecular flexibility index (Phi) is 3.92. The van der Waals surface area contributed by atoms with Gasteiger partial charge in [0.15, 0.2) is 0 Å². The maximum atomic E-state index is 4.47. The van der Waals surface area contributed by atoms with Crippen LogP contribution in [0.1, 0.15) is 26.7 Å². The highest BCUT2D eigenvalue weighted by Crippen LogP contribution is 2.22. The summed E-state index contributed by atoms with van der Waals surface area (Å²) in [5, 5.41) is 4.75. The second kappa shape index (κ2) is 5.83. The first-order valence-corrected chi connectivity index (χ1v) is 7.55. The molecule has 4 nitrogen and oxygen atoms in total. The summed E-state index contributed by atoms with van der Waals surface area (Å²) in [6.07, 6.45) is 6.31. The monoisotopic (exact) mass is 271 g/mol. The molecule has 3 rings (SSSR count). The first-order valence-electron chi connectivity index (χ1n) is 7.55. The highest BCUT2D eigenvalue weighted by atomic mass is 15.2. The van der Waals surface area contributed by atoms with Gasteiger partial charge >= 0.3 is 0 Å². The van der Waals surface area contributed by atoms with Gasteiger partial charge in [0.1, 0.15) is 5.65 Å². The average Bonchev–Trinajstić information content (AvgIpc) is 2.93. The lowest BCUT2D eigenvalue weighted by atomic mass is 10.0. The molecule has 1 unspecified atom stereocenters. The van der Waals surface area contributed by atoms with Crippen LogP contribution in [-0.2, 0) is 0 Å². The van der Waals surface area contributed by atoms with Crippen molar-refractivity contribution in [3.05, 3.63) is 24.5 Å². The maximum absolute atomic E-state index is 4.47. The van der Waals surface area contributed by atoms with Crippen molar-refractivity contribution in [2.45, 2.75) is 32.7 Å². The zero-order valence-electron chi connectivity index (χ0n) is 12.3. The number of aromatic amines is 1. The highest BCUT2D eigenvalue weighted by Gasteiger charge is 2.20. The van der Waals surface area contributed by atoms with Crippen molar-refractivity contribution in [2.24, 2.45) is 5.92 Å². The van der Waals surface area contributed by atoms with E-state index in [4.69, 9.17) is 0 Å². The summed E-state index contributed by atoms with van der Waals surface area (Å²) in [5.41, 5.74) is 2.13. The second-order valence-electron chi connectivity index (χ2n) is 6.11. The number of rotatable bonds is 4. The Morgan fingerprint density at radius 1 is 1.55 bits per heavy atom. The fraction of sp³-hybridized carbons (Fsp3) is 0.562. The molecule has 2 aromatic rings. The SMILES string of the molecule is CC(C)CNC1CCCN(c2cnc3[nH]c[c]c3c2)C1. The zero-order chi connectivity index (χ0) is 13.9. The number of fused-ring (bicyclic) bond motifs is 1. The molecule has 1 saturated heterocycles. The normalized spacial score (nSPS) is 19.9. The van der Waals surface area contributed by atoms with E-state index in [1.807, 2.05) is 12.4 Å². The maximum Gasteiger partial charge on any atom is 0.138 e. The third-order valence-electron chi connectivity index (χ3n) is 3.91. The number of nitrogens with zero attached hydrogens (tertiary/aromatic N) is 2. The molecule has 0 amide bonds. The summed E-state index contributed by atoms with van der Waals surface area (Å²) < 4.78 is 0. The summed E-state index contributed by atoms with van der Waals surface area (Å²) in [7, 11) is 0. The Balaban J connectivity index is 1.69. The van der Waals surface area contributed by atoms with Crippen LogP contribution in [0, 0.1) is 12.0 Å². The first kappa shape index (κ1) is 13.4. The molecule has 4 heteroatoms. The second-order valence-corrected chi connectivity index (χ2v) is 6.11. The summed E-state index contributed by atoms with van der Waals surface area (Å²) in [4.78, 5) is 10.00. The Labute approximate surface area is 120 Å². The van der Waals surface area contributed by atoms with Crippen LogP contribution in [0.3, 0.4) is 0 Å². The Hall–Kier alpha value is -1.55. The van der Waals surface area contributed by atoms with Crippen LogP contribution in [0.4, 0.5) is 5.69 Å². The Bertz CT molecular complexity index is 560. The van der Waals surface area contributed by atoms with Crippen LogP contribution in [0.15, 0.2) is 18.5 Å². The molecular weight excluding hydrogens is 248 g/mol. The first-order chi connectivity index (χ1) is 9.72. The van der Waals surface area contributed by atoms with Gasteiger partial charge in [-0.1, -0.05) is 13.8 Å². The van der Waals surface area contributed by atoms with Gasteiger partial charge in [-0.25, -0.2) is 4.98 Å². The van der Waals surface area contributed by atoms with Crippen LogP contribution >= 0.6 is 0 Å². The molecule has 3 heterocycles. The van der Waals surface area contributed by atoms with Crippen molar-refractivity contribution in [1.82, 2.24) is 15.3 Å². The lowest BCUT2D eigenvalue weighted by Crippen LogP contribution is -2.46. The van der Waals surface area contributed by atoms with Gasteiger partial charge in [-0.15, -0.1) is 0 Å². The predicted octanol–water partition coefficient (Wildman–Crippen LogP) is 2.58. The molecule has 1 aliphatic heterocycles. The average molecular weight is 271 g/mol. The van der Waals surface area contributed by atoms with Crippen molar-refractivity contribution in [3.8, 4) is 0 Å². The molecule has 0 aliphatic carbocycles. The van der Waals surface area contributed by atoms with E-state index in [2.05, 4.69) is 46.2 Å².